The summed E-state index contributed by atoms with van der Waals surface area (Å²) in [5.74, 6) is -1.08. The fraction of sp³-hybridized carbons (Fsp3) is 0.650. The van der Waals surface area contributed by atoms with Gasteiger partial charge in [-0.1, -0.05) is 13.8 Å². The number of carbonyl (C=O) groups excluding carboxylic acids is 3. The van der Waals surface area contributed by atoms with Crippen molar-refractivity contribution in [3.63, 3.8) is 0 Å². The lowest BCUT2D eigenvalue weighted by Gasteiger charge is -2.35. The number of rotatable bonds is 3. The summed E-state index contributed by atoms with van der Waals surface area (Å²) in [6.07, 6.45) is 4.94. The Morgan fingerprint density at radius 1 is 1.15 bits per heavy atom. The molecule has 2 bridgehead atoms. The Labute approximate surface area is 162 Å². The standard InChI is InChI=1S/C20H25NO5S/c1-18(2)19(3)9-10-20(18,26-17(19)24)16(23)21-14-13(15(22)25-4)11-7-5-6-8-12(11)27-14/h5-10H2,1-4H3,(H,21,23)/t19-,20+/m1/s1. The molecule has 6 nitrogen and oxygen atoms in total. The van der Waals surface area contributed by atoms with E-state index in [-0.39, 0.29) is 11.9 Å². The summed E-state index contributed by atoms with van der Waals surface area (Å²) in [6.45, 7) is 5.72. The van der Waals surface area contributed by atoms with Gasteiger partial charge in [-0.25, -0.2) is 4.79 Å². The average molecular weight is 391 g/mol. The van der Waals surface area contributed by atoms with E-state index in [4.69, 9.17) is 9.47 Å². The monoisotopic (exact) mass is 391 g/mol. The van der Waals surface area contributed by atoms with Crippen LogP contribution in [0.15, 0.2) is 0 Å². The summed E-state index contributed by atoms with van der Waals surface area (Å²) in [7, 11) is 1.35. The first-order chi connectivity index (χ1) is 12.7. The van der Waals surface area contributed by atoms with Crippen LogP contribution in [-0.4, -0.2) is 30.6 Å². The smallest absolute Gasteiger partial charge is 0.341 e. The van der Waals surface area contributed by atoms with Crippen molar-refractivity contribution in [3.8, 4) is 0 Å². The van der Waals surface area contributed by atoms with Crippen LogP contribution in [-0.2, 0) is 31.9 Å². The summed E-state index contributed by atoms with van der Waals surface area (Å²) in [5.41, 5.74) is -1.03. The van der Waals surface area contributed by atoms with Gasteiger partial charge in [0.15, 0.2) is 5.60 Å². The number of methoxy groups -OCH3 is 1. The lowest BCUT2D eigenvalue weighted by Crippen LogP contribution is -2.50. The quantitative estimate of drug-likeness (QED) is 0.798. The Hall–Kier alpha value is -1.89. The minimum absolute atomic E-state index is 0.312. The Morgan fingerprint density at radius 3 is 2.44 bits per heavy atom. The number of thiophene rings is 1. The lowest BCUT2D eigenvalue weighted by atomic mass is 9.66. The van der Waals surface area contributed by atoms with E-state index < -0.39 is 22.4 Å². The number of fused-ring (bicyclic) bond motifs is 3. The molecule has 0 unspecified atom stereocenters. The van der Waals surface area contributed by atoms with Gasteiger partial charge in [0.25, 0.3) is 5.91 Å². The van der Waals surface area contributed by atoms with Crippen LogP contribution >= 0.6 is 11.3 Å². The first-order valence-corrected chi connectivity index (χ1v) is 10.3. The number of nitrogens with one attached hydrogen (secondary N) is 1. The number of aryl methyl sites for hydroxylation is 1. The predicted octanol–water partition coefficient (Wildman–Crippen LogP) is 3.47. The second kappa shape index (κ2) is 5.80. The van der Waals surface area contributed by atoms with E-state index in [0.29, 0.717) is 23.4 Å². The molecule has 1 saturated heterocycles. The van der Waals surface area contributed by atoms with Crippen molar-refractivity contribution >= 4 is 34.2 Å². The second-order valence-corrected chi connectivity index (χ2v) is 9.64. The first-order valence-electron chi connectivity index (χ1n) is 9.46. The zero-order chi connectivity index (χ0) is 19.6. The average Bonchev–Trinajstić information content (AvgIpc) is 3.14. The minimum atomic E-state index is -1.20. The van der Waals surface area contributed by atoms with Crippen LogP contribution in [0.3, 0.4) is 0 Å². The van der Waals surface area contributed by atoms with Crippen molar-refractivity contribution in [3.05, 3.63) is 16.0 Å². The molecule has 1 aliphatic heterocycles. The van der Waals surface area contributed by atoms with E-state index in [9.17, 15) is 14.4 Å². The van der Waals surface area contributed by atoms with Crippen LogP contribution in [0.25, 0.3) is 0 Å². The number of hydrogen-bond acceptors (Lipinski definition) is 6. The van der Waals surface area contributed by atoms with Gasteiger partial charge in [-0.2, -0.15) is 0 Å². The third-order valence-electron chi connectivity index (χ3n) is 7.24. The molecule has 3 aliphatic rings. The Morgan fingerprint density at radius 2 is 1.85 bits per heavy atom. The van der Waals surface area contributed by atoms with Crippen LogP contribution < -0.4 is 5.32 Å². The molecule has 27 heavy (non-hydrogen) atoms. The van der Waals surface area contributed by atoms with Crippen LogP contribution in [0.5, 0.6) is 0 Å². The van der Waals surface area contributed by atoms with Gasteiger partial charge in [0.2, 0.25) is 0 Å². The van der Waals surface area contributed by atoms with Gasteiger partial charge >= 0.3 is 11.9 Å². The van der Waals surface area contributed by atoms with Crippen LogP contribution in [0, 0.1) is 10.8 Å². The number of hydrogen-bond donors (Lipinski definition) is 1. The van der Waals surface area contributed by atoms with Gasteiger partial charge in [0.05, 0.1) is 18.1 Å². The molecule has 1 amide bonds. The predicted molar refractivity (Wildman–Crippen MR) is 101 cm³/mol. The van der Waals surface area contributed by atoms with E-state index in [1.54, 1.807) is 0 Å². The SMILES string of the molecule is COC(=O)c1c(NC(=O)[C@]23CC[C@](C)(C(=O)O2)C3(C)C)sc2c1CCCC2. The zero-order valence-corrected chi connectivity index (χ0v) is 17.0. The topological polar surface area (TPSA) is 81.7 Å². The van der Waals surface area contributed by atoms with Crippen LogP contribution in [0.1, 0.15) is 67.3 Å². The minimum Gasteiger partial charge on any atom is -0.465 e. The van der Waals surface area contributed by atoms with Gasteiger partial charge in [-0.05, 0) is 51.0 Å². The normalized spacial score (nSPS) is 30.6. The van der Waals surface area contributed by atoms with Gasteiger partial charge in [-0.15, -0.1) is 11.3 Å². The number of ether oxygens (including phenoxy) is 2. The number of esters is 2. The van der Waals surface area contributed by atoms with E-state index in [1.807, 2.05) is 20.8 Å². The van der Waals surface area contributed by atoms with Gasteiger partial charge in [0.1, 0.15) is 5.00 Å². The maximum atomic E-state index is 13.3. The summed E-state index contributed by atoms with van der Waals surface area (Å²) in [4.78, 5) is 39.3. The zero-order valence-electron chi connectivity index (χ0n) is 16.2. The molecular formula is C20H25NO5S. The van der Waals surface area contributed by atoms with Crippen molar-refractivity contribution in [1.82, 2.24) is 0 Å². The number of anilines is 1. The van der Waals surface area contributed by atoms with Crippen molar-refractivity contribution in [1.29, 1.82) is 0 Å². The highest BCUT2D eigenvalue weighted by Crippen LogP contribution is 2.65. The fourth-order valence-electron chi connectivity index (χ4n) is 4.92. The highest BCUT2D eigenvalue weighted by Gasteiger charge is 2.75. The van der Waals surface area contributed by atoms with Crippen molar-refractivity contribution in [2.75, 3.05) is 12.4 Å². The molecule has 2 aliphatic carbocycles. The van der Waals surface area contributed by atoms with Crippen LogP contribution in [0.4, 0.5) is 5.00 Å². The molecule has 1 saturated carbocycles. The van der Waals surface area contributed by atoms with Gasteiger partial charge in [-0.3, -0.25) is 9.59 Å². The first kappa shape index (κ1) is 18.5. The fourth-order valence-corrected chi connectivity index (χ4v) is 6.20. The van der Waals surface area contributed by atoms with E-state index in [1.165, 1.54) is 18.4 Å². The molecule has 1 N–H and O–H groups in total. The number of carbonyl (C=O) groups is 3. The Bertz CT molecular complexity index is 857. The molecule has 2 atom stereocenters. The Kier molecular flexibility index (Phi) is 3.97. The largest absolute Gasteiger partial charge is 0.465 e. The third kappa shape index (κ3) is 2.21. The van der Waals surface area contributed by atoms with Gasteiger partial charge in [0, 0.05) is 10.3 Å². The second-order valence-electron chi connectivity index (χ2n) is 8.53. The van der Waals surface area contributed by atoms with Crippen LogP contribution in [0.2, 0.25) is 0 Å². The van der Waals surface area contributed by atoms with Crippen molar-refractivity contribution in [2.45, 2.75) is 64.9 Å². The molecule has 2 fully saturated rings. The lowest BCUT2D eigenvalue weighted by molar-refractivity contribution is -0.165. The van der Waals surface area contributed by atoms with E-state index in [2.05, 4.69) is 5.32 Å². The summed E-state index contributed by atoms with van der Waals surface area (Å²) >= 11 is 1.44. The molecule has 4 rings (SSSR count). The van der Waals surface area contributed by atoms with Crippen molar-refractivity contribution in [2.24, 2.45) is 10.8 Å². The highest BCUT2D eigenvalue weighted by molar-refractivity contribution is 7.17. The molecule has 146 valence electrons. The van der Waals surface area contributed by atoms with E-state index in [0.717, 1.165) is 36.1 Å². The van der Waals surface area contributed by atoms with Gasteiger partial charge < -0.3 is 14.8 Å². The number of amides is 1. The Balaban J connectivity index is 1.71. The molecule has 7 heteroatoms. The molecule has 0 radical (unpaired) electrons. The molecule has 0 aromatic carbocycles. The summed E-state index contributed by atoms with van der Waals surface area (Å²) < 4.78 is 10.6. The molecule has 1 aromatic heterocycles. The molecule has 2 heterocycles. The molecule has 1 aromatic rings. The third-order valence-corrected chi connectivity index (χ3v) is 8.45. The highest BCUT2D eigenvalue weighted by atomic mass is 32.1. The maximum absolute atomic E-state index is 13.3. The molecule has 0 spiro atoms. The van der Waals surface area contributed by atoms with E-state index >= 15 is 0 Å². The summed E-state index contributed by atoms with van der Waals surface area (Å²) in [5, 5.41) is 3.45. The molecular weight excluding hydrogens is 366 g/mol. The van der Waals surface area contributed by atoms with Crippen molar-refractivity contribution < 1.29 is 23.9 Å². The maximum Gasteiger partial charge on any atom is 0.341 e. The summed E-state index contributed by atoms with van der Waals surface area (Å²) in [6, 6.07) is 0.